The third-order valence-corrected chi connectivity index (χ3v) is 3.88. The van der Waals surface area contributed by atoms with Gasteiger partial charge < -0.3 is 10.6 Å². The quantitative estimate of drug-likeness (QED) is 0.661. The lowest BCUT2D eigenvalue weighted by atomic mass is 10.0. The van der Waals surface area contributed by atoms with E-state index in [1.165, 1.54) is 12.1 Å². The molecule has 0 atom stereocenters. The highest BCUT2D eigenvalue weighted by molar-refractivity contribution is 5.97. The second kappa shape index (κ2) is 5.34. The zero-order chi connectivity index (χ0) is 14.9. The number of halogens is 3. The van der Waals surface area contributed by atoms with E-state index < -0.39 is 17.6 Å². The molecule has 20 heavy (non-hydrogen) atoms. The molecular weight excluding hydrogens is 267 g/mol. The van der Waals surface area contributed by atoms with Gasteiger partial charge in [-0.1, -0.05) is 12.8 Å². The number of rotatable bonds is 3. The molecule has 1 aromatic carbocycles. The molecule has 1 fully saturated rings. The molecule has 1 saturated carbocycles. The van der Waals surface area contributed by atoms with E-state index in [-0.39, 0.29) is 5.56 Å². The molecule has 3 nitrogen and oxygen atoms in total. The van der Waals surface area contributed by atoms with Crippen molar-refractivity contribution in [2.75, 3.05) is 11.9 Å². The third-order valence-electron chi connectivity index (χ3n) is 3.88. The fraction of sp³-hybridized carbons (Fsp3) is 0.500. The topological polar surface area (TPSA) is 53.1 Å². The summed E-state index contributed by atoms with van der Waals surface area (Å²) in [5, 5.41) is 7.36. The van der Waals surface area contributed by atoms with Gasteiger partial charge in [-0.2, -0.15) is 13.2 Å². The zero-order valence-corrected chi connectivity index (χ0v) is 11.3. The number of anilines is 1. The van der Waals surface area contributed by atoms with Gasteiger partial charge in [0.15, 0.2) is 0 Å². The van der Waals surface area contributed by atoms with Crippen LogP contribution in [0.15, 0.2) is 18.2 Å². The van der Waals surface area contributed by atoms with E-state index in [1.54, 1.807) is 0 Å². The molecule has 1 aliphatic carbocycles. The maximum atomic E-state index is 12.9. The van der Waals surface area contributed by atoms with E-state index in [2.05, 4.69) is 0 Å². The van der Waals surface area contributed by atoms with Gasteiger partial charge in [0.2, 0.25) is 0 Å². The predicted molar refractivity (Wildman–Crippen MR) is 73.1 cm³/mol. The summed E-state index contributed by atoms with van der Waals surface area (Å²) >= 11 is 0. The summed E-state index contributed by atoms with van der Waals surface area (Å²) < 4.78 is 38.6. The highest BCUT2D eigenvalue weighted by Gasteiger charge is 2.34. The van der Waals surface area contributed by atoms with E-state index in [0.29, 0.717) is 11.7 Å². The van der Waals surface area contributed by atoms with Crippen molar-refractivity contribution >= 4 is 11.5 Å². The second-order valence-corrected chi connectivity index (χ2v) is 5.19. The van der Waals surface area contributed by atoms with Crippen LogP contribution in [0.2, 0.25) is 0 Å². The van der Waals surface area contributed by atoms with E-state index >= 15 is 0 Å². The van der Waals surface area contributed by atoms with Crippen LogP contribution in [0.25, 0.3) is 0 Å². The number of nitrogen functional groups attached to an aromatic ring is 1. The average molecular weight is 285 g/mol. The SMILES string of the molecule is CN(c1ccc(C(F)(F)F)c(C(=N)N)c1)C1CCCC1. The Morgan fingerprint density at radius 2 is 1.90 bits per heavy atom. The van der Waals surface area contributed by atoms with Crippen LogP contribution in [-0.2, 0) is 6.18 Å². The lowest BCUT2D eigenvalue weighted by Crippen LogP contribution is -2.29. The Morgan fingerprint density at radius 1 is 1.30 bits per heavy atom. The normalized spacial score (nSPS) is 16.4. The van der Waals surface area contributed by atoms with Gasteiger partial charge in [-0.25, -0.2) is 0 Å². The molecule has 0 radical (unpaired) electrons. The van der Waals surface area contributed by atoms with Crippen LogP contribution < -0.4 is 10.6 Å². The zero-order valence-electron chi connectivity index (χ0n) is 11.3. The molecule has 3 N–H and O–H groups in total. The van der Waals surface area contributed by atoms with Crippen molar-refractivity contribution in [1.29, 1.82) is 5.41 Å². The van der Waals surface area contributed by atoms with Crippen LogP contribution in [0.3, 0.4) is 0 Å². The van der Waals surface area contributed by atoms with Crippen molar-refractivity contribution in [3.8, 4) is 0 Å². The number of hydrogen-bond acceptors (Lipinski definition) is 2. The Balaban J connectivity index is 2.37. The lowest BCUT2D eigenvalue weighted by molar-refractivity contribution is -0.137. The largest absolute Gasteiger partial charge is 0.417 e. The number of amidine groups is 1. The van der Waals surface area contributed by atoms with Crippen LogP contribution in [0, 0.1) is 5.41 Å². The molecule has 6 heteroatoms. The van der Waals surface area contributed by atoms with Gasteiger partial charge in [0.05, 0.1) is 5.56 Å². The third kappa shape index (κ3) is 2.89. The van der Waals surface area contributed by atoms with Crippen LogP contribution in [0.5, 0.6) is 0 Å². The van der Waals surface area contributed by atoms with Crippen LogP contribution in [0.1, 0.15) is 36.8 Å². The fourth-order valence-electron chi connectivity index (χ4n) is 2.72. The highest BCUT2D eigenvalue weighted by Crippen LogP contribution is 2.35. The van der Waals surface area contributed by atoms with Gasteiger partial charge in [0.1, 0.15) is 5.84 Å². The Morgan fingerprint density at radius 3 is 2.40 bits per heavy atom. The lowest BCUT2D eigenvalue weighted by Gasteiger charge is -2.27. The van der Waals surface area contributed by atoms with Gasteiger partial charge >= 0.3 is 6.18 Å². The molecule has 0 aromatic heterocycles. The Bertz CT molecular complexity index is 505. The molecule has 1 aliphatic rings. The van der Waals surface area contributed by atoms with E-state index in [1.807, 2.05) is 11.9 Å². The van der Waals surface area contributed by atoms with Gasteiger partial charge in [0.25, 0.3) is 0 Å². The fourth-order valence-corrected chi connectivity index (χ4v) is 2.72. The van der Waals surface area contributed by atoms with Gasteiger partial charge in [0, 0.05) is 24.3 Å². The van der Waals surface area contributed by atoms with Crippen molar-refractivity contribution in [2.24, 2.45) is 5.73 Å². The molecule has 2 rings (SSSR count). The second-order valence-electron chi connectivity index (χ2n) is 5.19. The molecule has 110 valence electrons. The summed E-state index contributed by atoms with van der Waals surface area (Å²) in [6.45, 7) is 0. The van der Waals surface area contributed by atoms with Crippen LogP contribution >= 0.6 is 0 Å². The number of nitrogens with zero attached hydrogens (tertiary/aromatic N) is 1. The summed E-state index contributed by atoms with van der Waals surface area (Å²) in [5.74, 6) is -0.556. The van der Waals surface area contributed by atoms with E-state index in [0.717, 1.165) is 31.7 Å². The Labute approximate surface area is 116 Å². The number of hydrogen-bond donors (Lipinski definition) is 2. The smallest absolute Gasteiger partial charge is 0.384 e. The first-order chi connectivity index (χ1) is 9.30. The molecule has 1 aromatic rings. The predicted octanol–water partition coefficient (Wildman–Crippen LogP) is 3.37. The molecule has 0 spiro atoms. The monoisotopic (exact) mass is 285 g/mol. The minimum Gasteiger partial charge on any atom is -0.384 e. The van der Waals surface area contributed by atoms with Crippen LogP contribution in [0.4, 0.5) is 18.9 Å². The summed E-state index contributed by atoms with van der Waals surface area (Å²) in [7, 11) is 1.88. The van der Waals surface area contributed by atoms with Crippen molar-refractivity contribution in [2.45, 2.75) is 37.9 Å². The number of benzene rings is 1. The van der Waals surface area contributed by atoms with Gasteiger partial charge in [-0.05, 0) is 31.0 Å². The van der Waals surface area contributed by atoms with Crippen molar-refractivity contribution < 1.29 is 13.2 Å². The first-order valence-corrected chi connectivity index (χ1v) is 6.59. The molecular formula is C14H18F3N3. The number of nitrogens with one attached hydrogen (secondary N) is 1. The number of alkyl halides is 3. The van der Waals surface area contributed by atoms with Crippen LogP contribution in [-0.4, -0.2) is 18.9 Å². The maximum absolute atomic E-state index is 12.9. The summed E-state index contributed by atoms with van der Waals surface area (Å²) in [6, 6.07) is 4.18. The molecule has 0 amide bonds. The average Bonchev–Trinajstić information content (AvgIpc) is 2.89. The minimum atomic E-state index is -4.49. The summed E-state index contributed by atoms with van der Waals surface area (Å²) in [6.07, 6.45) is -0.101. The van der Waals surface area contributed by atoms with E-state index in [4.69, 9.17) is 11.1 Å². The van der Waals surface area contributed by atoms with Gasteiger partial charge in [-0.15, -0.1) is 0 Å². The molecule has 0 unspecified atom stereocenters. The summed E-state index contributed by atoms with van der Waals surface area (Å²) in [4.78, 5) is 1.99. The molecule has 0 bridgehead atoms. The molecule has 0 saturated heterocycles. The summed E-state index contributed by atoms with van der Waals surface area (Å²) in [5.41, 5.74) is 4.87. The van der Waals surface area contributed by atoms with Crippen molar-refractivity contribution in [3.63, 3.8) is 0 Å². The minimum absolute atomic E-state index is 0.250. The first-order valence-electron chi connectivity index (χ1n) is 6.59. The molecule has 0 aliphatic heterocycles. The van der Waals surface area contributed by atoms with Crippen molar-refractivity contribution in [3.05, 3.63) is 29.3 Å². The Hall–Kier alpha value is -1.72. The Kier molecular flexibility index (Phi) is 3.92. The maximum Gasteiger partial charge on any atom is 0.417 e. The van der Waals surface area contributed by atoms with Gasteiger partial charge in [-0.3, -0.25) is 5.41 Å². The highest BCUT2D eigenvalue weighted by atomic mass is 19.4. The van der Waals surface area contributed by atoms with Crippen molar-refractivity contribution in [1.82, 2.24) is 0 Å². The standard InChI is InChI=1S/C14H18F3N3/c1-20(9-4-2-3-5-9)10-6-7-12(14(15,16)17)11(8-10)13(18)19/h6-9H,2-5H2,1H3,(H3,18,19). The number of nitrogens with two attached hydrogens (primary N) is 1. The molecule has 0 heterocycles. The van der Waals surface area contributed by atoms with E-state index in [9.17, 15) is 13.2 Å². The first kappa shape index (κ1) is 14.7.